The van der Waals surface area contributed by atoms with Crippen LogP contribution < -0.4 is 0 Å². The van der Waals surface area contributed by atoms with Crippen LogP contribution in [0.3, 0.4) is 0 Å². The lowest BCUT2D eigenvalue weighted by atomic mass is 10.1. The van der Waals surface area contributed by atoms with Crippen molar-refractivity contribution in [2.45, 2.75) is 156 Å². The van der Waals surface area contributed by atoms with Gasteiger partial charge in [0.2, 0.25) is 0 Å². The Morgan fingerprint density at radius 1 is 0.440 bits per heavy atom. The van der Waals surface area contributed by atoms with Crippen molar-refractivity contribution in [3.63, 3.8) is 0 Å². The summed E-state index contributed by atoms with van der Waals surface area (Å²) in [6.45, 7) is 9.83. The molecule has 0 aromatic rings. The van der Waals surface area contributed by atoms with E-state index in [2.05, 4.69) is 23.7 Å². The van der Waals surface area contributed by atoms with Gasteiger partial charge in [-0.3, -0.25) is 19.4 Å². The van der Waals surface area contributed by atoms with Crippen LogP contribution >= 0.6 is 0 Å². The molecule has 0 N–H and O–H groups in total. The molecule has 0 heterocycles. The van der Waals surface area contributed by atoms with E-state index in [9.17, 15) is 19.2 Å². The quantitative estimate of drug-likeness (QED) is 0.0316. The third kappa shape index (κ3) is 29.5. The van der Waals surface area contributed by atoms with Gasteiger partial charge in [0.05, 0.1) is 26.4 Å². The first-order valence-corrected chi connectivity index (χ1v) is 19.5. The van der Waals surface area contributed by atoms with Gasteiger partial charge < -0.3 is 18.9 Å². The van der Waals surface area contributed by atoms with E-state index >= 15 is 0 Å². The van der Waals surface area contributed by atoms with Gasteiger partial charge in [-0.1, -0.05) is 103 Å². The summed E-state index contributed by atoms with van der Waals surface area (Å²) in [7, 11) is 0. The van der Waals surface area contributed by atoms with E-state index in [1.807, 2.05) is 13.8 Å². The Morgan fingerprint density at radius 3 is 1.12 bits per heavy atom. The fourth-order valence-electron chi connectivity index (χ4n) is 4.98. The summed E-state index contributed by atoms with van der Waals surface area (Å²) in [5.41, 5.74) is 0. The molecule has 0 saturated carbocycles. The molecule has 10 nitrogen and oxygen atoms in total. The molecule has 0 aliphatic heterocycles. The Bertz CT molecular complexity index is 930. The van der Waals surface area contributed by atoms with Gasteiger partial charge >= 0.3 is 24.1 Å². The Morgan fingerprint density at radius 2 is 0.780 bits per heavy atom. The van der Waals surface area contributed by atoms with Gasteiger partial charge in [-0.15, -0.1) is 0 Å². The van der Waals surface area contributed by atoms with Crippen molar-refractivity contribution in [3.8, 4) is 23.7 Å². The van der Waals surface area contributed by atoms with Gasteiger partial charge in [0.1, 0.15) is 13.1 Å². The van der Waals surface area contributed by atoms with Gasteiger partial charge in [0, 0.05) is 25.9 Å². The Labute approximate surface area is 304 Å². The standard InChI is InChI=1S/C40H68N2O8/c1-5-9-33-49-37(43)35-41(39(45)47-7-3)31-29-27-25-23-21-19-17-15-13-11-12-14-16-18-20-22-24-26-28-30-32-42(40(46)48-8-4)36-38(44)50-34-10-6-2/h5-10,15-36H2,1-4H3. The summed E-state index contributed by atoms with van der Waals surface area (Å²) < 4.78 is 20.6. The first-order valence-electron chi connectivity index (χ1n) is 19.5. The molecule has 0 atom stereocenters. The van der Waals surface area contributed by atoms with Crippen LogP contribution in [-0.4, -0.2) is 86.5 Å². The number of hydrogen-bond donors (Lipinski definition) is 0. The molecule has 0 spiro atoms. The molecule has 0 radical (unpaired) electrons. The minimum atomic E-state index is -0.455. The number of ether oxygens (including phenoxy) is 4. The van der Waals surface area contributed by atoms with Crippen LogP contribution in [-0.2, 0) is 28.5 Å². The second kappa shape index (κ2) is 35.4. The summed E-state index contributed by atoms with van der Waals surface area (Å²) >= 11 is 0. The number of carbonyl (C=O) groups excluding carboxylic acids is 4. The lowest BCUT2D eigenvalue weighted by Gasteiger charge is -2.21. The Hall–Kier alpha value is -3.40. The predicted molar refractivity (Wildman–Crippen MR) is 198 cm³/mol. The van der Waals surface area contributed by atoms with Crippen LogP contribution in [0.25, 0.3) is 0 Å². The van der Waals surface area contributed by atoms with Gasteiger partial charge in [-0.2, -0.15) is 0 Å². The van der Waals surface area contributed by atoms with Crippen LogP contribution in [0.5, 0.6) is 0 Å². The zero-order chi connectivity index (χ0) is 36.9. The van der Waals surface area contributed by atoms with Crippen molar-refractivity contribution in [2.75, 3.05) is 52.6 Å². The maximum Gasteiger partial charge on any atom is 0.410 e. The summed E-state index contributed by atoms with van der Waals surface area (Å²) in [6, 6.07) is 0. The summed E-state index contributed by atoms with van der Waals surface area (Å²) in [4.78, 5) is 51.3. The summed E-state index contributed by atoms with van der Waals surface area (Å²) in [5, 5.41) is 0. The molecular formula is C40H68N2O8. The molecule has 10 heteroatoms. The normalized spacial score (nSPS) is 10.2. The van der Waals surface area contributed by atoms with E-state index < -0.39 is 12.2 Å². The van der Waals surface area contributed by atoms with Crippen molar-refractivity contribution in [1.29, 1.82) is 0 Å². The highest BCUT2D eigenvalue weighted by atomic mass is 16.6. The third-order valence-corrected chi connectivity index (χ3v) is 7.91. The molecule has 0 rings (SSSR count). The molecule has 0 aromatic carbocycles. The van der Waals surface area contributed by atoms with Crippen molar-refractivity contribution >= 4 is 24.1 Å². The minimum absolute atomic E-state index is 0.0560. The van der Waals surface area contributed by atoms with E-state index in [-0.39, 0.29) is 38.2 Å². The summed E-state index contributed by atoms with van der Waals surface area (Å²) in [5.74, 6) is 11.5. The number of hydrogen-bond acceptors (Lipinski definition) is 8. The van der Waals surface area contributed by atoms with Crippen molar-refractivity contribution < 1.29 is 38.1 Å². The maximum atomic E-state index is 12.2. The molecule has 2 amide bonds. The van der Waals surface area contributed by atoms with Gasteiger partial charge in [0.25, 0.3) is 0 Å². The maximum absolute atomic E-state index is 12.2. The molecule has 0 fully saturated rings. The number of esters is 2. The molecule has 0 bridgehead atoms. The van der Waals surface area contributed by atoms with Crippen LogP contribution in [0, 0.1) is 23.7 Å². The Balaban J connectivity index is 3.86. The molecule has 50 heavy (non-hydrogen) atoms. The number of nitrogens with zero attached hydrogens (tertiary/aromatic N) is 2. The number of rotatable bonds is 30. The third-order valence-electron chi connectivity index (χ3n) is 7.91. The highest BCUT2D eigenvalue weighted by Crippen LogP contribution is 2.11. The van der Waals surface area contributed by atoms with Crippen molar-refractivity contribution in [2.24, 2.45) is 0 Å². The molecule has 0 unspecified atom stereocenters. The molecule has 0 aliphatic rings. The highest BCUT2D eigenvalue weighted by Gasteiger charge is 2.20. The first-order chi connectivity index (χ1) is 24.4. The lowest BCUT2D eigenvalue weighted by Crippen LogP contribution is -2.37. The second-order valence-electron chi connectivity index (χ2n) is 12.4. The van der Waals surface area contributed by atoms with E-state index in [0.717, 1.165) is 116 Å². The van der Waals surface area contributed by atoms with Crippen molar-refractivity contribution in [1.82, 2.24) is 9.80 Å². The molecular weight excluding hydrogens is 636 g/mol. The average molecular weight is 705 g/mol. The smallest absolute Gasteiger partial charge is 0.410 e. The molecule has 0 aromatic heterocycles. The molecule has 0 aliphatic carbocycles. The average Bonchev–Trinajstić information content (AvgIpc) is 3.09. The number of carbonyl (C=O) groups is 4. The van der Waals surface area contributed by atoms with E-state index in [4.69, 9.17) is 18.9 Å². The number of amides is 2. The van der Waals surface area contributed by atoms with Gasteiger partial charge in [-0.25, -0.2) is 9.59 Å². The zero-order valence-electron chi connectivity index (χ0n) is 32.0. The largest absolute Gasteiger partial charge is 0.464 e. The van der Waals surface area contributed by atoms with Gasteiger partial charge in [0.15, 0.2) is 0 Å². The first kappa shape index (κ1) is 46.6. The SMILES string of the molecule is CCCCOC(=O)CN(CCCCCCCCCC#CC#CCCCCCCCCCN(CC(=O)OCCCC)C(=O)OCC)C(=O)OCC. The van der Waals surface area contributed by atoms with Crippen LogP contribution in [0.2, 0.25) is 0 Å². The Kier molecular flexibility index (Phi) is 33.0. The second-order valence-corrected chi connectivity index (χ2v) is 12.4. The highest BCUT2D eigenvalue weighted by molar-refractivity contribution is 5.78. The zero-order valence-corrected chi connectivity index (χ0v) is 32.0. The fourth-order valence-corrected chi connectivity index (χ4v) is 4.98. The van der Waals surface area contributed by atoms with Crippen LogP contribution in [0.15, 0.2) is 0 Å². The molecule has 286 valence electrons. The van der Waals surface area contributed by atoms with E-state index in [1.165, 1.54) is 22.6 Å². The van der Waals surface area contributed by atoms with Crippen molar-refractivity contribution in [3.05, 3.63) is 0 Å². The lowest BCUT2D eigenvalue weighted by molar-refractivity contribution is -0.145. The predicted octanol–water partition coefficient (Wildman–Crippen LogP) is 8.84. The van der Waals surface area contributed by atoms with Gasteiger partial charge in [-0.05, 0) is 64.2 Å². The summed E-state index contributed by atoms with van der Waals surface area (Å²) in [6.07, 6.45) is 19.4. The van der Waals surface area contributed by atoms with E-state index in [1.54, 1.807) is 13.8 Å². The van der Waals surface area contributed by atoms with Crippen LogP contribution in [0.4, 0.5) is 9.59 Å². The minimum Gasteiger partial charge on any atom is -0.464 e. The number of unbranched alkanes of at least 4 members (excludes halogenated alkanes) is 16. The monoisotopic (exact) mass is 704 g/mol. The topological polar surface area (TPSA) is 112 Å². The van der Waals surface area contributed by atoms with Crippen LogP contribution in [0.1, 0.15) is 156 Å². The fraction of sp³-hybridized carbons (Fsp3) is 0.800. The van der Waals surface area contributed by atoms with E-state index in [0.29, 0.717) is 26.3 Å². The molecule has 0 saturated heterocycles.